The molecule has 1 aromatic rings. The van der Waals surface area contributed by atoms with E-state index in [1.165, 1.54) is 5.56 Å². The maximum atomic E-state index is 11.5. The largest absolute Gasteiger partial charge is 0.383 e. The number of nitrogens with one attached hydrogen (secondary N) is 2. The van der Waals surface area contributed by atoms with E-state index < -0.39 is 0 Å². The molecular weight excluding hydrogens is 228 g/mol. The van der Waals surface area contributed by atoms with Crippen LogP contribution in [0.1, 0.15) is 19.4 Å². The van der Waals surface area contributed by atoms with E-state index in [1.54, 1.807) is 7.11 Å². The number of carbonyl (C=O) groups is 1. The van der Waals surface area contributed by atoms with Gasteiger partial charge in [0, 0.05) is 25.6 Å². The second kappa shape index (κ2) is 7.01. The first-order chi connectivity index (χ1) is 8.56. The molecule has 0 bridgehead atoms. The molecule has 4 heteroatoms. The van der Waals surface area contributed by atoms with E-state index in [1.807, 2.05) is 18.2 Å². The lowest BCUT2D eigenvalue weighted by Crippen LogP contribution is -2.43. The molecular formula is C14H22N2O2. The predicted molar refractivity (Wildman–Crippen MR) is 72.7 cm³/mol. The summed E-state index contributed by atoms with van der Waals surface area (Å²) in [6.07, 6.45) is 0. The lowest BCUT2D eigenvalue weighted by atomic mass is 9.85. The predicted octanol–water partition coefficient (Wildman–Crippen LogP) is 1.91. The van der Waals surface area contributed by atoms with E-state index >= 15 is 0 Å². The molecule has 0 aliphatic rings. The summed E-state index contributed by atoms with van der Waals surface area (Å²) in [4.78, 5) is 11.5. The van der Waals surface area contributed by atoms with Crippen LogP contribution in [0.2, 0.25) is 0 Å². The minimum atomic E-state index is -0.156. The average Bonchev–Trinajstić information content (AvgIpc) is 2.38. The van der Waals surface area contributed by atoms with Crippen LogP contribution in [0, 0.1) is 0 Å². The molecule has 100 valence electrons. The third-order valence-corrected chi connectivity index (χ3v) is 2.84. The van der Waals surface area contributed by atoms with E-state index in [0.29, 0.717) is 19.7 Å². The Balaban J connectivity index is 2.40. The summed E-state index contributed by atoms with van der Waals surface area (Å²) in [5, 5.41) is 5.61. The monoisotopic (exact) mass is 250 g/mol. The van der Waals surface area contributed by atoms with E-state index in [-0.39, 0.29) is 11.4 Å². The SMILES string of the molecule is COCCNC(=O)NCC(C)(C)c1ccccc1. The number of methoxy groups -OCH3 is 1. The Morgan fingerprint density at radius 1 is 1.22 bits per heavy atom. The van der Waals surface area contributed by atoms with Gasteiger partial charge in [0.25, 0.3) is 0 Å². The number of hydrogen-bond donors (Lipinski definition) is 2. The van der Waals surface area contributed by atoms with Crippen LogP contribution in [0.5, 0.6) is 0 Å². The Morgan fingerprint density at radius 3 is 2.50 bits per heavy atom. The molecule has 0 aliphatic heterocycles. The molecule has 0 saturated heterocycles. The van der Waals surface area contributed by atoms with Gasteiger partial charge in [-0.1, -0.05) is 44.2 Å². The number of hydrogen-bond acceptors (Lipinski definition) is 2. The van der Waals surface area contributed by atoms with Crippen LogP contribution < -0.4 is 10.6 Å². The number of rotatable bonds is 6. The first-order valence-electron chi connectivity index (χ1n) is 6.12. The Hall–Kier alpha value is -1.55. The van der Waals surface area contributed by atoms with Crippen LogP contribution in [0.4, 0.5) is 4.79 Å². The van der Waals surface area contributed by atoms with Crippen LogP contribution >= 0.6 is 0 Å². The summed E-state index contributed by atoms with van der Waals surface area (Å²) in [7, 11) is 1.61. The second-order valence-corrected chi connectivity index (χ2v) is 4.85. The van der Waals surface area contributed by atoms with Crippen molar-refractivity contribution in [1.82, 2.24) is 10.6 Å². The van der Waals surface area contributed by atoms with Gasteiger partial charge in [-0.05, 0) is 5.56 Å². The van der Waals surface area contributed by atoms with Crippen molar-refractivity contribution in [3.8, 4) is 0 Å². The Labute approximate surface area is 109 Å². The van der Waals surface area contributed by atoms with Crippen molar-refractivity contribution in [2.45, 2.75) is 19.3 Å². The van der Waals surface area contributed by atoms with Gasteiger partial charge in [0.05, 0.1) is 6.61 Å². The van der Waals surface area contributed by atoms with Gasteiger partial charge in [-0.2, -0.15) is 0 Å². The zero-order chi connectivity index (χ0) is 13.4. The zero-order valence-corrected chi connectivity index (χ0v) is 11.3. The maximum absolute atomic E-state index is 11.5. The van der Waals surface area contributed by atoms with Gasteiger partial charge in [0.2, 0.25) is 0 Å². The molecule has 0 radical (unpaired) electrons. The molecule has 2 amide bonds. The van der Waals surface area contributed by atoms with Crippen molar-refractivity contribution >= 4 is 6.03 Å². The fourth-order valence-corrected chi connectivity index (χ4v) is 1.62. The Bertz CT molecular complexity index is 363. The second-order valence-electron chi connectivity index (χ2n) is 4.85. The maximum Gasteiger partial charge on any atom is 0.314 e. The third kappa shape index (κ3) is 4.75. The molecule has 1 aromatic carbocycles. The fraction of sp³-hybridized carbons (Fsp3) is 0.500. The molecule has 4 nitrogen and oxygen atoms in total. The normalized spacial score (nSPS) is 11.1. The highest BCUT2D eigenvalue weighted by molar-refractivity contribution is 5.73. The van der Waals surface area contributed by atoms with Crippen molar-refractivity contribution < 1.29 is 9.53 Å². The smallest absolute Gasteiger partial charge is 0.314 e. The quantitative estimate of drug-likeness (QED) is 0.758. The van der Waals surface area contributed by atoms with Crippen LogP contribution in [0.15, 0.2) is 30.3 Å². The fourth-order valence-electron chi connectivity index (χ4n) is 1.62. The zero-order valence-electron chi connectivity index (χ0n) is 11.3. The van der Waals surface area contributed by atoms with Crippen molar-refractivity contribution in [3.63, 3.8) is 0 Å². The van der Waals surface area contributed by atoms with Gasteiger partial charge in [0.1, 0.15) is 0 Å². The van der Waals surface area contributed by atoms with Crippen molar-refractivity contribution in [2.75, 3.05) is 26.8 Å². The van der Waals surface area contributed by atoms with E-state index in [9.17, 15) is 4.79 Å². The van der Waals surface area contributed by atoms with Gasteiger partial charge in [-0.25, -0.2) is 4.79 Å². The van der Waals surface area contributed by atoms with Crippen LogP contribution in [0.3, 0.4) is 0 Å². The van der Waals surface area contributed by atoms with Crippen LogP contribution in [-0.2, 0) is 10.2 Å². The Kier molecular flexibility index (Phi) is 5.65. The van der Waals surface area contributed by atoms with Gasteiger partial charge in [-0.15, -0.1) is 0 Å². The highest BCUT2D eigenvalue weighted by Crippen LogP contribution is 2.21. The minimum absolute atomic E-state index is 0.0835. The lowest BCUT2D eigenvalue weighted by Gasteiger charge is -2.25. The first-order valence-corrected chi connectivity index (χ1v) is 6.12. The summed E-state index contributed by atoms with van der Waals surface area (Å²) >= 11 is 0. The summed E-state index contributed by atoms with van der Waals surface area (Å²) in [5.41, 5.74) is 1.13. The third-order valence-electron chi connectivity index (χ3n) is 2.84. The topological polar surface area (TPSA) is 50.4 Å². The van der Waals surface area contributed by atoms with E-state index in [2.05, 4.69) is 36.6 Å². The number of ether oxygens (including phenoxy) is 1. The highest BCUT2D eigenvalue weighted by Gasteiger charge is 2.20. The highest BCUT2D eigenvalue weighted by atomic mass is 16.5. The number of carbonyl (C=O) groups excluding carboxylic acids is 1. The van der Waals surface area contributed by atoms with Gasteiger partial charge in [-0.3, -0.25) is 0 Å². The molecule has 1 rings (SSSR count). The van der Waals surface area contributed by atoms with E-state index in [0.717, 1.165) is 0 Å². The molecule has 0 fully saturated rings. The Morgan fingerprint density at radius 2 is 1.89 bits per heavy atom. The minimum Gasteiger partial charge on any atom is -0.383 e. The van der Waals surface area contributed by atoms with Gasteiger partial charge in [0.15, 0.2) is 0 Å². The molecule has 2 N–H and O–H groups in total. The number of amides is 2. The summed E-state index contributed by atoms with van der Waals surface area (Å²) in [6, 6.07) is 10.0. The molecule has 0 aromatic heterocycles. The summed E-state index contributed by atoms with van der Waals surface area (Å²) in [6.45, 7) is 5.86. The van der Waals surface area contributed by atoms with Crippen molar-refractivity contribution in [2.24, 2.45) is 0 Å². The van der Waals surface area contributed by atoms with Crippen LogP contribution in [0.25, 0.3) is 0 Å². The van der Waals surface area contributed by atoms with Crippen molar-refractivity contribution in [3.05, 3.63) is 35.9 Å². The van der Waals surface area contributed by atoms with Gasteiger partial charge >= 0.3 is 6.03 Å². The molecule has 0 atom stereocenters. The molecule has 0 saturated carbocycles. The lowest BCUT2D eigenvalue weighted by molar-refractivity contribution is 0.195. The molecule has 0 heterocycles. The number of benzene rings is 1. The molecule has 18 heavy (non-hydrogen) atoms. The first kappa shape index (κ1) is 14.5. The summed E-state index contributed by atoms with van der Waals surface area (Å²) in [5.74, 6) is 0. The number of urea groups is 1. The molecule has 0 aliphatic carbocycles. The standard InChI is InChI=1S/C14H22N2O2/c1-14(2,12-7-5-4-6-8-12)11-16-13(17)15-9-10-18-3/h4-8H,9-11H2,1-3H3,(H2,15,16,17). The van der Waals surface area contributed by atoms with E-state index in [4.69, 9.17) is 4.74 Å². The summed E-state index contributed by atoms with van der Waals surface area (Å²) < 4.78 is 4.86. The average molecular weight is 250 g/mol. The van der Waals surface area contributed by atoms with Crippen LogP contribution in [-0.4, -0.2) is 32.8 Å². The molecule has 0 unspecified atom stereocenters. The van der Waals surface area contributed by atoms with Gasteiger partial charge < -0.3 is 15.4 Å². The van der Waals surface area contributed by atoms with Crippen molar-refractivity contribution in [1.29, 1.82) is 0 Å². The molecule has 0 spiro atoms.